The summed E-state index contributed by atoms with van der Waals surface area (Å²) in [4.78, 5) is 23.0. The van der Waals surface area contributed by atoms with Crippen molar-refractivity contribution in [3.05, 3.63) is 36.4 Å². The third-order valence-electron chi connectivity index (χ3n) is 4.65. The number of benzene rings is 1. The summed E-state index contributed by atoms with van der Waals surface area (Å²) in [5.41, 5.74) is 0.823. The van der Waals surface area contributed by atoms with Crippen LogP contribution >= 0.6 is 0 Å². The van der Waals surface area contributed by atoms with Gasteiger partial charge in [0.05, 0.1) is 33.5 Å². The molecule has 1 aliphatic heterocycles. The highest BCUT2D eigenvalue weighted by Crippen LogP contribution is 2.35. The molecular weight excluding hydrogens is 396 g/mol. The first-order valence-corrected chi connectivity index (χ1v) is 9.23. The van der Waals surface area contributed by atoms with Crippen molar-refractivity contribution in [2.75, 3.05) is 34.0 Å². The number of hydrogen-bond acceptors (Lipinski definition) is 8. The third kappa shape index (κ3) is 5.67. The molecule has 30 heavy (non-hydrogen) atoms. The summed E-state index contributed by atoms with van der Waals surface area (Å²) in [7, 11) is 3.13. The third-order valence-corrected chi connectivity index (χ3v) is 4.65. The summed E-state index contributed by atoms with van der Waals surface area (Å²) in [5.74, 6) is 1.14. The van der Waals surface area contributed by atoms with E-state index in [-0.39, 0.29) is 19.0 Å². The molecule has 0 spiro atoms. The molecule has 2 N–H and O–H groups in total. The number of ether oxygens (including phenoxy) is 3. The molecule has 1 fully saturated rings. The summed E-state index contributed by atoms with van der Waals surface area (Å²) >= 11 is 0. The van der Waals surface area contributed by atoms with Crippen LogP contribution in [-0.2, 0) is 20.9 Å². The number of morpholine rings is 1. The van der Waals surface area contributed by atoms with Crippen LogP contribution in [0.5, 0.6) is 11.5 Å². The standard InChI is InChI=1S/C18H24N4O5.CH2O2/c1-25-14-4-3-13(9-15(14)26-2)18-16(10-23)27-8-7-22(18)17(24)5-6-21-11-19-20-12-21;2-1-3/h3-4,9,11-12,16,18,23H,5-8,10H2,1-2H3;1H,(H,2,3)/t16-,18-;/m0./s1. The Morgan fingerprint density at radius 2 is 1.93 bits per heavy atom. The van der Waals surface area contributed by atoms with Crippen LogP contribution < -0.4 is 9.47 Å². The Hall–Kier alpha value is -3.18. The Kier molecular flexibility index (Phi) is 9.03. The van der Waals surface area contributed by atoms with Crippen LogP contribution in [0, 0.1) is 0 Å². The SMILES string of the molecule is COc1ccc([C@H]2[C@H](CO)OCCN2C(=O)CCn2cnnc2)cc1OC.O=CO. The van der Waals surface area contributed by atoms with Crippen molar-refractivity contribution < 1.29 is 34.0 Å². The average molecular weight is 422 g/mol. The number of rotatable bonds is 7. The fourth-order valence-electron chi connectivity index (χ4n) is 3.30. The van der Waals surface area contributed by atoms with Gasteiger partial charge in [-0.3, -0.25) is 9.59 Å². The second kappa shape index (κ2) is 11.7. The van der Waals surface area contributed by atoms with E-state index in [0.717, 1.165) is 5.56 Å². The van der Waals surface area contributed by atoms with E-state index in [2.05, 4.69) is 10.2 Å². The van der Waals surface area contributed by atoms with Crippen LogP contribution in [0.1, 0.15) is 18.0 Å². The van der Waals surface area contributed by atoms with Gasteiger partial charge in [-0.15, -0.1) is 10.2 Å². The molecule has 1 aliphatic rings. The minimum absolute atomic E-state index is 0.0229. The van der Waals surface area contributed by atoms with Gasteiger partial charge in [0, 0.05) is 19.5 Å². The molecule has 0 aliphatic carbocycles. The Morgan fingerprint density at radius 3 is 2.53 bits per heavy atom. The van der Waals surface area contributed by atoms with E-state index in [0.29, 0.717) is 37.6 Å². The van der Waals surface area contributed by atoms with Gasteiger partial charge in [0.2, 0.25) is 5.91 Å². The molecule has 164 valence electrons. The van der Waals surface area contributed by atoms with E-state index in [4.69, 9.17) is 24.1 Å². The molecule has 0 bridgehead atoms. The van der Waals surface area contributed by atoms with Crippen LogP contribution in [-0.4, -0.2) is 82.3 Å². The molecule has 2 aromatic rings. The van der Waals surface area contributed by atoms with Crippen molar-refractivity contribution in [1.82, 2.24) is 19.7 Å². The Balaban J connectivity index is 0.00000101. The van der Waals surface area contributed by atoms with E-state index in [1.165, 1.54) is 0 Å². The van der Waals surface area contributed by atoms with E-state index in [9.17, 15) is 9.90 Å². The maximum absolute atomic E-state index is 12.9. The number of carbonyl (C=O) groups excluding carboxylic acids is 1. The monoisotopic (exact) mass is 422 g/mol. The lowest BCUT2D eigenvalue weighted by Gasteiger charge is -2.41. The molecule has 11 nitrogen and oxygen atoms in total. The second-order valence-electron chi connectivity index (χ2n) is 6.29. The van der Waals surface area contributed by atoms with E-state index >= 15 is 0 Å². The summed E-state index contributed by atoms with van der Waals surface area (Å²) in [6, 6.07) is 5.07. The highest BCUT2D eigenvalue weighted by Gasteiger charge is 2.36. The van der Waals surface area contributed by atoms with Gasteiger partial charge < -0.3 is 33.9 Å². The Labute approximate surface area is 173 Å². The highest BCUT2D eigenvalue weighted by atomic mass is 16.5. The van der Waals surface area contributed by atoms with Crippen molar-refractivity contribution in [1.29, 1.82) is 0 Å². The number of carbonyl (C=O) groups is 2. The molecule has 0 unspecified atom stereocenters. The van der Waals surface area contributed by atoms with Crippen LogP contribution in [0.2, 0.25) is 0 Å². The highest BCUT2D eigenvalue weighted by molar-refractivity contribution is 5.77. The van der Waals surface area contributed by atoms with Gasteiger partial charge in [0.15, 0.2) is 11.5 Å². The summed E-state index contributed by atoms with van der Waals surface area (Å²) in [6.07, 6.45) is 2.96. The molecule has 11 heteroatoms. The molecular formula is C19H26N4O7. The number of carboxylic acid groups (broad SMARTS) is 1. The van der Waals surface area contributed by atoms with E-state index in [1.807, 2.05) is 12.1 Å². The van der Waals surface area contributed by atoms with Gasteiger partial charge in [0.25, 0.3) is 6.47 Å². The number of nitrogens with zero attached hydrogens (tertiary/aromatic N) is 4. The van der Waals surface area contributed by atoms with Gasteiger partial charge in [-0.25, -0.2) is 0 Å². The van der Waals surface area contributed by atoms with Crippen LogP contribution in [0.15, 0.2) is 30.9 Å². The number of aliphatic hydroxyl groups excluding tert-OH is 1. The fourth-order valence-corrected chi connectivity index (χ4v) is 3.30. The van der Waals surface area contributed by atoms with Crippen molar-refractivity contribution in [2.24, 2.45) is 0 Å². The lowest BCUT2D eigenvalue weighted by molar-refractivity contribution is -0.150. The van der Waals surface area contributed by atoms with Crippen molar-refractivity contribution in [2.45, 2.75) is 25.1 Å². The number of aryl methyl sites for hydroxylation is 1. The van der Waals surface area contributed by atoms with Crippen LogP contribution in [0.25, 0.3) is 0 Å². The zero-order valence-electron chi connectivity index (χ0n) is 16.9. The second-order valence-corrected chi connectivity index (χ2v) is 6.29. The van der Waals surface area contributed by atoms with Gasteiger partial charge >= 0.3 is 0 Å². The zero-order valence-corrected chi connectivity index (χ0v) is 16.9. The normalized spacial score (nSPS) is 18.2. The van der Waals surface area contributed by atoms with Crippen LogP contribution in [0.3, 0.4) is 0 Å². The maximum Gasteiger partial charge on any atom is 0.290 e. The minimum atomic E-state index is -0.504. The summed E-state index contributed by atoms with van der Waals surface area (Å²) < 4.78 is 18.1. The molecule has 2 atom stereocenters. The smallest absolute Gasteiger partial charge is 0.290 e. The molecule has 1 amide bonds. The zero-order chi connectivity index (χ0) is 21.9. The molecule has 0 saturated carbocycles. The van der Waals surface area contributed by atoms with E-state index < -0.39 is 12.1 Å². The number of aliphatic hydroxyl groups is 1. The van der Waals surface area contributed by atoms with Crippen molar-refractivity contribution in [3.63, 3.8) is 0 Å². The Bertz CT molecular complexity index is 800. The average Bonchev–Trinajstić information content (AvgIpc) is 3.30. The number of methoxy groups -OCH3 is 2. The predicted octanol–water partition coefficient (Wildman–Crippen LogP) is 0.347. The van der Waals surface area contributed by atoms with Gasteiger partial charge in [0.1, 0.15) is 18.8 Å². The topological polar surface area (TPSA) is 136 Å². The summed E-state index contributed by atoms with van der Waals surface area (Å²) in [5, 5.41) is 24.2. The molecule has 1 saturated heterocycles. The fraction of sp³-hybridized carbons (Fsp3) is 0.474. The molecule has 2 heterocycles. The van der Waals surface area contributed by atoms with Gasteiger partial charge in [-0.1, -0.05) is 6.07 Å². The first kappa shape index (κ1) is 23.1. The summed E-state index contributed by atoms with van der Waals surface area (Å²) in [6.45, 7) is 0.893. The first-order valence-electron chi connectivity index (χ1n) is 9.23. The number of hydrogen-bond donors (Lipinski definition) is 2. The maximum atomic E-state index is 12.9. The Morgan fingerprint density at radius 1 is 1.27 bits per heavy atom. The van der Waals surface area contributed by atoms with Gasteiger partial charge in [-0.05, 0) is 17.7 Å². The minimum Gasteiger partial charge on any atom is -0.493 e. The molecule has 1 aromatic carbocycles. The van der Waals surface area contributed by atoms with Crippen molar-refractivity contribution >= 4 is 12.4 Å². The number of amides is 1. The largest absolute Gasteiger partial charge is 0.493 e. The van der Waals surface area contributed by atoms with Crippen LogP contribution in [0.4, 0.5) is 0 Å². The van der Waals surface area contributed by atoms with Gasteiger partial charge in [-0.2, -0.15) is 0 Å². The predicted molar refractivity (Wildman–Crippen MR) is 104 cm³/mol. The van der Waals surface area contributed by atoms with Crippen molar-refractivity contribution in [3.8, 4) is 11.5 Å². The number of aromatic nitrogens is 3. The quantitative estimate of drug-likeness (QED) is 0.606. The van der Waals surface area contributed by atoms with E-state index in [1.54, 1.807) is 42.4 Å². The molecule has 3 rings (SSSR count). The lowest BCUT2D eigenvalue weighted by atomic mass is 9.97. The molecule has 1 aromatic heterocycles. The molecule has 0 radical (unpaired) electrons. The first-order chi connectivity index (χ1) is 14.6. The lowest BCUT2D eigenvalue weighted by Crippen LogP contribution is -2.49.